The first-order valence-corrected chi connectivity index (χ1v) is 16.5. The third-order valence-corrected chi connectivity index (χ3v) is 6.31. The first-order chi connectivity index (χ1) is 18.7. The number of hydrogen-bond donors (Lipinski definition) is 2. The Morgan fingerprint density at radius 3 is 0.872 bits per heavy atom. The molecule has 0 aliphatic carbocycles. The van der Waals surface area contributed by atoms with E-state index in [0.717, 1.165) is 32.1 Å². The van der Waals surface area contributed by atoms with Gasteiger partial charge in [0.25, 0.3) is 0 Å². The fraction of sp³-hybridized carbons (Fsp3) is 0.939. The molecule has 0 rings (SSSR count). The smallest absolute Gasteiger partial charge is 0.303 e. The summed E-state index contributed by atoms with van der Waals surface area (Å²) < 4.78 is 0. The second kappa shape index (κ2) is 41.3. The standard InChI is InChI=1S/2C9H21N.C8H16O2.C7H14O2/c2*1-4-6-8-10(3)9-7-5-2;1-2-3-4-5-6-7-8(9)10;1-2-3-4-5-6-7(8)9/h2*4-9H2,1-3H3;2-7H2,1H3,(H,9,10);2-6H2,1H3,(H,8,9). The quantitative estimate of drug-likeness (QED) is 0.121. The zero-order chi connectivity index (χ0) is 30.6. The minimum atomic E-state index is -0.675. The lowest BCUT2D eigenvalue weighted by Gasteiger charge is -2.14. The summed E-state index contributed by atoms with van der Waals surface area (Å²) in [4.78, 5) is 24.8. The average molecular weight is 561 g/mol. The van der Waals surface area contributed by atoms with E-state index in [-0.39, 0.29) is 0 Å². The van der Waals surface area contributed by atoms with Gasteiger partial charge < -0.3 is 20.0 Å². The van der Waals surface area contributed by atoms with Gasteiger partial charge in [0.15, 0.2) is 0 Å². The number of carboxylic acid groups (broad SMARTS) is 2. The van der Waals surface area contributed by atoms with Crippen molar-refractivity contribution >= 4 is 11.9 Å². The van der Waals surface area contributed by atoms with Gasteiger partial charge in [-0.15, -0.1) is 0 Å². The van der Waals surface area contributed by atoms with E-state index in [4.69, 9.17) is 10.2 Å². The minimum Gasteiger partial charge on any atom is -0.481 e. The summed E-state index contributed by atoms with van der Waals surface area (Å²) >= 11 is 0. The van der Waals surface area contributed by atoms with Crippen molar-refractivity contribution in [3.8, 4) is 0 Å². The molecule has 6 heteroatoms. The average Bonchev–Trinajstić information content (AvgIpc) is 2.91. The number of carboxylic acids is 2. The van der Waals surface area contributed by atoms with Crippen molar-refractivity contribution in [1.29, 1.82) is 0 Å². The van der Waals surface area contributed by atoms with Crippen molar-refractivity contribution in [2.45, 2.75) is 164 Å². The summed E-state index contributed by atoms with van der Waals surface area (Å²) in [7, 11) is 4.43. The Morgan fingerprint density at radius 1 is 0.410 bits per heavy atom. The number of unbranched alkanes of at least 4 members (excludes halogenated alkanes) is 11. The van der Waals surface area contributed by atoms with Gasteiger partial charge in [-0.1, -0.05) is 112 Å². The SMILES string of the molecule is CCCCCCC(=O)O.CCCCCCCC(=O)O.CCCCN(C)CCCC.CCCCN(C)CCCC. The van der Waals surface area contributed by atoms with Crippen LogP contribution in [-0.4, -0.2) is 72.2 Å². The number of carbonyl (C=O) groups is 2. The second-order valence-electron chi connectivity index (χ2n) is 10.8. The highest BCUT2D eigenvalue weighted by atomic mass is 16.4. The van der Waals surface area contributed by atoms with Crippen LogP contribution in [0.25, 0.3) is 0 Å². The number of rotatable bonds is 23. The monoisotopic (exact) mass is 561 g/mol. The van der Waals surface area contributed by atoms with Crippen molar-refractivity contribution in [1.82, 2.24) is 9.80 Å². The molecule has 6 nitrogen and oxygen atoms in total. The number of nitrogens with zero attached hydrogens (tertiary/aromatic N) is 2. The van der Waals surface area contributed by atoms with Gasteiger partial charge in [0.2, 0.25) is 0 Å². The summed E-state index contributed by atoms with van der Waals surface area (Å²) in [6.45, 7) is 18.3. The van der Waals surface area contributed by atoms with Crippen molar-refractivity contribution in [2.75, 3.05) is 40.3 Å². The molecule has 0 aromatic rings. The fourth-order valence-corrected chi connectivity index (χ4v) is 3.52. The molecule has 39 heavy (non-hydrogen) atoms. The van der Waals surface area contributed by atoms with E-state index in [9.17, 15) is 9.59 Å². The van der Waals surface area contributed by atoms with Crippen LogP contribution in [0.15, 0.2) is 0 Å². The molecule has 0 heterocycles. The summed E-state index contributed by atoms with van der Waals surface area (Å²) in [5.41, 5.74) is 0. The van der Waals surface area contributed by atoms with Gasteiger partial charge in [-0.05, 0) is 78.8 Å². The van der Waals surface area contributed by atoms with Crippen LogP contribution in [-0.2, 0) is 9.59 Å². The van der Waals surface area contributed by atoms with Crippen LogP contribution >= 0.6 is 0 Å². The third-order valence-electron chi connectivity index (χ3n) is 6.31. The summed E-state index contributed by atoms with van der Waals surface area (Å²) in [5, 5.41) is 16.5. The van der Waals surface area contributed by atoms with Crippen LogP contribution < -0.4 is 0 Å². The highest BCUT2D eigenvalue weighted by Crippen LogP contribution is 2.04. The zero-order valence-corrected chi connectivity index (χ0v) is 27.9. The lowest BCUT2D eigenvalue weighted by Crippen LogP contribution is -2.20. The summed E-state index contributed by atoms with van der Waals surface area (Å²) in [5.74, 6) is -1.34. The molecule has 0 spiro atoms. The van der Waals surface area contributed by atoms with Gasteiger partial charge in [0, 0.05) is 12.8 Å². The number of aliphatic carboxylic acids is 2. The van der Waals surface area contributed by atoms with Crippen LogP contribution in [0.3, 0.4) is 0 Å². The molecular weight excluding hydrogens is 488 g/mol. The minimum absolute atomic E-state index is 0.333. The normalized spacial score (nSPS) is 10.2. The molecule has 238 valence electrons. The first kappa shape index (κ1) is 44.9. The Hall–Kier alpha value is -1.14. The Kier molecular flexibility index (Phi) is 47.6. The van der Waals surface area contributed by atoms with Crippen molar-refractivity contribution in [3.63, 3.8) is 0 Å². The van der Waals surface area contributed by atoms with Gasteiger partial charge in [-0.25, -0.2) is 0 Å². The van der Waals surface area contributed by atoms with Crippen molar-refractivity contribution in [3.05, 3.63) is 0 Å². The largest absolute Gasteiger partial charge is 0.481 e. The van der Waals surface area contributed by atoms with Gasteiger partial charge >= 0.3 is 11.9 Å². The molecular formula is C33H72N2O4. The maximum absolute atomic E-state index is 10.0. The molecule has 0 atom stereocenters. The van der Waals surface area contributed by atoms with E-state index in [1.54, 1.807) is 0 Å². The predicted molar refractivity (Wildman–Crippen MR) is 172 cm³/mol. The van der Waals surface area contributed by atoms with E-state index in [2.05, 4.69) is 65.4 Å². The van der Waals surface area contributed by atoms with E-state index in [0.29, 0.717) is 12.8 Å². The first-order valence-electron chi connectivity index (χ1n) is 16.5. The maximum Gasteiger partial charge on any atom is 0.303 e. The van der Waals surface area contributed by atoms with Crippen LogP contribution in [0, 0.1) is 0 Å². The lowest BCUT2D eigenvalue weighted by molar-refractivity contribution is -0.138. The predicted octanol–water partition coefficient (Wildman–Crippen LogP) is 9.51. The Morgan fingerprint density at radius 2 is 0.641 bits per heavy atom. The molecule has 2 N–H and O–H groups in total. The highest BCUT2D eigenvalue weighted by molar-refractivity contribution is 5.66. The molecule has 0 saturated carbocycles. The number of hydrogen-bond acceptors (Lipinski definition) is 4. The highest BCUT2D eigenvalue weighted by Gasteiger charge is 1.96. The summed E-state index contributed by atoms with van der Waals surface area (Å²) in [6, 6.07) is 0. The van der Waals surface area contributed by atoms with E-state index < -0.39 is 11.9 Å². The fourth-order valence-electron chi connectivity index (χ4n) is 3.52. The molecule has 0 aromatic carbocycles. The molecule has 0 fully saturated rings. The Labute approximate surface area is 245 Å². The maximum atomic E-state index is 10.0. The van der Waals surface area contributed by atoms with Gasteiger partial charge in [0.05, 0.1) is 0 Å². The Bertz CT molecular complexity index is 427. The molecule has 0 bridgehead atoms. The van der Waals surface area contributed by atoms with Crippen LogP contribution in [0.1, 0.15) is 164 Å². The molecule has 0 saturated heterocycles. The van der Waals surface area contributed by atoms with Crippen LogP contribution in [0.5, 0.6) is 0 Å². The van der Waals surface area contributed by atoms with E-state index in [1.165, 1.54) is 103 Å². The molecule has 0 unspecified atom stereocenters. The topological polar surface area (TPSA) is 81.1 Å². The second-order valence-corrected chi connectivity index (χ2v) is 10.8. The lowest BCUT2D eigenvalue weighted by atomic mass is 10.1. The zero-order valence-electron chi connectivity index (χ0n) is 27.9. The molecule has 0 radical (unpaired) electrons. The molecule has 0 aliphatic heterocycles. The van der Waals surface area contributed by atoms with Crippen molar-refractivity contribution in [2.24, 2.45) is 0 Å². The third kappa shape index (κ3) is 57.7. The van der Waals surface area contributed by atoms with E-state index in [1.807, 2.05) is 0 Å². The van der Waals surface area contributed by atoms with E-state index >= 15 is 0 Å². The summed E-state index contributed by atoms with van der Waals surface area (Å²) in [6.07, 6.45) is 21.1. The van der Waals surface area contributed by atoms with Crippen LogP contribution in [0.2, 0.25) is 0 Å². The molecule has 0 amide bonds. The molecule has 0 aliphatic rings. The Balaban J connectivity index is -0.000000210. The van der Waals surface area contributed by atoms with Crippen molar-refractivity contribution < 1.29 is 19.8 Å². The van der Waals surface area contributed by atoms with Gasteiger partial charge in [0.1, 0.15) is 0 Å². The van der Waals surface area contributed by atoms with Gasteiger partial charge in [-0.2, -0.15) is 0 Å². The molecule has 0 aromatic heterocycles. The van der Waals surface area contributed by atoms with Crippen LogP contribution in [0.4, 0.5) is 0 Å². The van der Waals surface area contributed by atoms with Gasteiger partial charge in [-0.3, -0.25) is 9.59 Å².